The summed E-state index contributed by atoms with van der Waals surface area (Å²) in [6.45, 7) is 2.78. The largest absolute Gasteiger partial charge is 0.495 e. The monoisotopic (exact) mass is 282 g/mol. The first-order chi connectivity index (χ1) is 8.72. The van der Waals surface area contributed by atoms with E-state index in [1.54, 1.807) is 18.4 Å². The average molecular weight is 283 g/mol. The van der Waals surface area contributed by atoms with Crippen molar-refractivity contribution in [2.75, 3.05) is 12.4 Å². The first-order valence-electron chi connectivity index (χ1n) is 5.73. The molecule has 0 saturated carbocycles. The Kier molecular flexibility index (Phi) is 4.44. The number of hydrogen-bond donors (Lipinski definition) is 1. The molecule has 0 radical (unpaired) electrons. The van der Waals surface area contributed by atoms with Crippen LogP contribution in [0.25, 0.3) is 0 Å². The van der Waals surface area contributed by atoms with Crippen molar-refractivity contribution in [3.05, 3.63) is 39.3 Å². The molecule has 3 nitrogen and oxygen atoms in total. The fraction of sp³-hybridized carbons (Fsp3) is 0.308. The van der Waals surface area contributed by atoms with Crippen LogP contribution in [0.4, 0.5) is 5.69 Å². The maximum absolute atomic E-state index is 5.97. The van der Waals surface area contributed by atoms with E-state index >= 15 is 0 Å². The summed E-state index contributed by atoms with van der Waals surface area (Å²) < 4.78 is 5.28. The Labute approximate surface area is 116 Å². The molecule has 96 valence electrons. The van der Waals surface area contributed by atoms with Gasteiger partial charge in [0.25, 0.3) is 0 Å². The minimum atomic E-state index is 0.674. The number of ether oxygens (including phenoxy) is 1. The second-order valence-corrected chi connectivity index (χ2v) is 5.16. The van der Waals surface area contributed by atoms with E-state index in [2.05, 4.69) is 22.6 Å². The van der Waals surface area contributed by atoms with E-state index < -0.39 is 0 Å². The fourth-order valence-corrected chi connectivity index (χ4v) is 2.51. The third kappa shape index (κ3) is 3.15. The lowest BCUT2D eigenvalue weighted by Gasteiger charge is -2.10. The van der Waals surface area contributed by atoms with Crippen LogP contribution in [-0.4, -0.2) is 12.1 Å². The molecule has 0 aliphatic heterocycles. The van der Waals surface area contributed by atoms with Crippen molar-refractivity contribution in [1.82, 2.24) is 4.98 Å². The Morgan fingerprint density at radius 3 is 2.94 bits per heavy atom. The molecule has 1 heterocycles. The molecule has 5 heteroatoms. The van der Waals surface area contributed by atoms with Crippen molar-refractivity contribution in [3.63, 3.8) is 0 Å². The van der Waals surface area contributed by atoms with Gasteiger partial charge in [0.15, 0.2) is 0 Å². The van der Waals surface area contributed by atoms with Gasteiger partial charge in [0.05, 0.1) is 30.0 Å². The van der Waals surface area contributed by atoms with Gasteiger partial charge in [-0.25, -0.2) is 4.98 Å². The van der Waals surface area contributed by atoms with Crippen LogP contribution in [0.1, 0.15) is 17.6 Å². The number of anilines is 1. The molecule has 2 aromatic rings. The molecule has 1 aromatic heterocycles. The SMILES string of the molecule is CCc1nc(CNc2cc(Cl)ccc2OC)cs1. The zero-order chi connectivity index (χ0) is 13.0. The fourth-order valence-electron chi connectivity index (χ4n) is 1.60. The summed E-state index contributed by atoms with van der Waals surface area (Å²) in [5.74, 6) is 0.783. The standard InChI is InChI=1S/C13H15ClN2OS/c1-3-13-16-10(8-18-13)7-15-11-6-9(14)4-5-12(11)17-2/h4-6,8,15H,3,7H2,1-2H3. The van der Waals surface area contributed by atoms with Crippen molar-refractivity contribution in [2.24, 2.45) is 0 Å². The lowest BCUT2D eigenvalue weighted by molar-refractivity contribution is 0.416. The molecule has 0 unspecified atom stereocenters. The van der Waals surface area contributed by atoms with Crippen LogP contribution >= 0.6 is 22.9 Å². The summed E-state index contributed by atoms with van der Waals surface area (Å²) in [5.41, 5.74) is 1.93. The highest BCUT2D eigenvalue weighted by molar-refractivity contribution is 7.09. The number of aromatic nitrogens is 1. The lowest BCUT2D eigenvalue weighted by atomic mass is 10.3. The van der Waals surface area contributed by atoms with E-state index in [0.717, 1.165) is 28.6 Å². The first kappa shape index (κ1) is 13.2. The van der Waals surface area contributed by atoms with E-state index in [4.69, 9.17) is 16.3 Å². The van der Waals surface area contributed by atoms with Crippen LogP contribution in [-0.2, 0) is 13.0 Å². The Morgan fingerprint density at radius 1 is 1.44 bits per heavy atom. The third-order valence-corrected chi connectivity index (χ3v) is 3.80. The Morgan fingerprint density at radius 2 is 2.28 bits per heavy atom. The molecule has 0 aliphatic carbocycles. The summed E-state index contributed by atoms with van der Waals surface area (Å²) in [5, 5.41) is 7.21. The Balaban J connectivity index is 2.07. The summed E-state index contributed by atoms with van der Waals surface area (Å²) in [4.78, 5) is 4.50. The molecule has 0 atom stereocenters. The molecule has 0 amide bonds. The number of nitrogens with one attached hydrogen (secondary N) is 1. The van der Waals surface area contributed by atoms with E-state index in [1.165, 1.54) is 0 Å². The summed E-state index contributed by atoms with van der Waals surface area (Å²) in [7, 11) is 1.65. The van der Waals surface area contributed by atoms with Crippen molar-refractivity contribution in [3.8, 4) is 5.75 Å². The lowest BCUT2D eigenvalue weighted by Crippen LogP contribution is -2.01. The van der Waals surface area contributed by atoms with Crippen molar-refractivity contribution in [2.45, 2.75) is 19.9 Å². The molecular formula is C13H15ClN2OS. The van der Waals surface area contributed by atoms with Gasteiger partial charge in [-0.1, -0.05) is 18.5 Å². The molecule has 0 bridgehead atoms. The number of aryl methyl sites for hydroxylation is 1. The number of halogens is 1. The summed E-state index contributed by atoms with van der Waals surface area (Å²) >= 11 is 7.66. The molecule has 0 spiro atoms. The van der Waals surface area contributed by atoms with Crippen LogP contribution < -0.4 is 10.1 Å². The van der Waals surface area contributed by atoms with E-state index in [1.807, 2.05) is 18.2 Å². The smallest absolute Gasteiger partial charge is 0.142 e. The van der Waals surface area contributed by atoms with Gasteiger partial charge in [-0.15, -0.1) is 11.3 Å². The number of rotatable bonds is 5. The normalized spacial score (nSPS) is 10.4. The number of nitrogens with zero attached hydrogens (tertiary/aromatic N) is 1. The maximum Gasteiger partial charge on any atom is 0.142 e. The van der Waals surface area contributed by atoms with Gasteiger partial charge in [-0.2, -0.15) is 0 Å². The molecule has 0 aliphatic rings. The maximum atomic E-state index is 5.97. The zero-order valence-electron chi connectivity index (χ0n) is 10.4. The van der Waals surface area contributed by atoms with Crippen LogP contribution in [0.15, 0.2) is 23.6 Å². The minimum absolute atomic E-state index is 0.674. The third-order valence-electron chi connectivity index (χ3n) is 2.52. The van der Waals surface area contributed by atoms with Gasteiger partial charge in [-0.3, -0.25) is 0 Å². The molecule has 0 fully saturated rings. The second-order valence-electron chi connectivity index (χ2n) is 3.78. The molecule has 1 N–H and O–H groups in total. The van der Waals surface area contributed by atoms with Crippen LogP contribution in [0.2, 0.25) is 5.02 Å². The minimum Gasteiger partial charge on any atom is -0.495 e. The van der Waals surface area contributed by atoms with Crippen molar-refractivity contribution < 1.29 is 4.74 Å². The Hall–Kier alpha value is -1.26. The van der Waals surface area contributed by atoms with E-state index in [0.29, 0.717) is 11.6 Å². The summed E-state index contributed by atoms with van der Waals surface area (Å²) in [6, 6.07) is 5.51. The number of thiazole rings is 1. The number of hydrogen-bond acceptors (Lipinski definition) is 4. The molecule has 0 saturated heterocycles. The predicted molar refractivity (Wildman–Crippen MR) is 76.8 cm³/mol. The summed E-state index contributed by atoms with van der Waals surface area (Å²) in [6.07, 6.45) is 0.977. The average Bonchev–Trinajstić information content (AvgIpc) is 2.84. The van der Waals surface area contributed by atoms with Gasteiger partial charge in [0.1, 0.15) is 5.75 Å². The highest BCUT2D eigenvalue weighted by atomic mass is 35.5. The van der Waals surface area contributed by atoms with Gasteiger partial charge in [-0.05, 0) is 24.6 Å². The topological polar surface area (TPSA) is 34.2 Å². The van der Waals surface area contributed by atoms with Crippen LogP contribution in [0.5, 0.6) is 5.75 Å². The molecule has 1 aromatic carbocycles. The molecular weight excluding hydrogens is 268 g/mol. The number of methoxy groups -OCH3 is 1. The first-order valence-corrected chi connectivity index (χ1v) is 6.99. The van der Waals surface area contributed by atoms with Crippen LogP contribution in [0, 0.1) is 0 Å². The zero-order valence-corrected chi connectivity index (χ0v) is 11.9. The van der Waals surface area contributed by atoms with E-state index in [9.17, 15) is 0 Å². The number of benzene rings is 1. The Bertz CT molecular complexity index is 527. The van der Waals surface area contributed by atoms with Gasteiger partial charge in [0, 0.05) is 10.4 Å². The highest BCUT2D eigenvalue weighted by Gasteiger charge is 2.05. The predicted octanol–water partition coefficient (Wildman–Crippen LogP) is 3.98. The van der Waals surface area contributed by atoms with Gasteiger partial charge >= 0.3 is 0 Å². The highest BCUT2D eigenvalue weighted by Crippen LogP contribution is 2.28. The van der Waals surface area contributed by atoms with Gasteiger partial charge < -0.3 is 10.1 Å². The van der Waals surface area contributed by atoms with Crippen LogP contribution in [0.3, 0.4) is 0 Å². The van der Waals surface area contributed by atoms with Gasteiger partial charge in [0.2, 0.25) is 0 Å². The van der Waals surface area contributed by atoms with Crippen molar-refractivity contribution in [1.29, 1.82) is 0 Å². The second kappa shape index (κ2) is 6.07. The molecule has 18 heavy (non-hydrogen) atoms. The van der Waals surface area contributed by atoms with Crippen molar-refractivity contribution >= 4 is 28.6 Å². The quantitative estimate of drug-likeness (QED) is 0.901. The van der Waals surface area contributed by atoms with E-state index in [-0.39, 0.29) is 0 Å². The molecule has 2 rings (SSSR count).